The third-order valence-electron chi connectivity index (χ3n) is 8.83. The Bertz CT molecular complexity index is 1910. The quantitative estimate of drug-likeness (QED) is 0.152. The van der Waals surface area contributed by atoms with Gasteiger partial charge in [-0.15, -0.1) is 13.2 Å². The average Bonchev–Trinajstić information content (AvgIpc) is 3.30. The van der Waals surface area contributed by atoms with Crippen LogP contribution >= 0.6 is 0 Å². The van der Waals surface area contributed by atoms with Gasteiger partial charge in [-0.05, 0) is 109 Å². The van der Waals surface area contributed by atoms with E-state index in [1.807, 2.05) is 62.4 Å². The lowest BCUT2D eigenvalue weighted by Crippen LogP contribution is -2.49. The Morgan fingerprint density at radius 1 is 0.750 bits per heavy atom. The zero-order valence-electron chi connectivity index (χ0n) is 26.7. The van der Waals surface area contributed by atoms with Crippen molar-refractivity contribution in [3.63, 3.8) is 0 Å². The summed E-state index contributed by atoms with van der Waals surface area (Å²) in [6.45, 7) is 3.97. The second kappa shape index (κ2) is 12.7. The minimum absolute atomic E-state index is 0.118. The molecule has 3 amide bonds. The molecular weight excluding hydrogens is 625 g/mol. The van der Waals surface area contributed by atoms with Crippen molar-refractivity contribution >= 4 is 39.4 Å². The summed E-state index contributed by atoms with van der Waals surface area (Å²) in [4.78, 5) is 38.2. The number of aromatic nitrogens is 2. The monoisotopic (exact) mass is 658 g/mol. The first-order chi connectivity index (χ1) is 22.9. The summed E-state index contributed by atoms with van der Waals surface area (Å²) in [5, 5.41) is 4.72. The van der Waals surface area contributed by atoms with Crippen molar-refractivity contribution < 1.29 is 37.0 Å². The first-order valence-electron chi connectivity index (χ1n) is 15.3. The van der Waals surface area contributed by atoms with E-state index in [9.17, 15) is 22.8 Å². The van der Waals surface area contributed by atoms with Crippen LogP contribution in [0.4, 0.5) is 23.7 Å². The number of imide groups is 1. The molecule has 48 heavy (non-hydrogen) atoms. The van der Waals surface area contributed by atoms with Gasteiger partial charge < -0.3 is 19.5 Å². The van der Waals surface area contributed by atoms with Gasteiger partial charge in [0.15, 0.2) is 0 Å². The van der Waals surface area contributed by atoms with Gasteiger partial charge in [0.25, 0.3) is 5.91 Å². The molecule has 5 aromatic rings. The van der Waals surface area contributed by atoms with Crippen LogP contribution in [0.5, 0.6) is 17.2 Å². The molecule has 2 aromatic heterocycles. The van der Waals surface area contributed by atoms with Gasteiger partial charge in [0.05, 0.1) is 30.9 Å². The van der Waals surface area contributed by atoms with Crippen LogP contribution in [0.1, 0.15) is 49.7 Å². The normalized spacial score (nSPS) is 17.8. The van der Waals surface area contributed by atoms with Gasteiger partial charge in [-0.25, -0.2) is 9.69 Å². The molecule has 1 aliphatic rings. The van der Waals surface area contributed by atoms with Crippen molar-refractivity contribution in [2.75, 3.05) is 19.1 Å². The lowest BCUT2D eigenvalue weighted by molar-refractivity contribution is -0.274. The molecule has 1 fully saturated rings. The van der Waals surface area contributed by atoms with E-state index >= 15 is 0 Å². The van der Waals surface area contributed by atoms with Crippen molar-refractivity contribution in [2.24, 2.45) is 0 Å². The summed E-state index contributed by atoms with van der Waals surface area (Å²) in [7, 11) is 3.16. The smallest absolute Gasteiger partial charge is 0.497 e. The number of nitrogens with zero attached hydrogens (tertiary/aromatic N) is 3. The van der Waals surface area contributed by atoms with Gasteiger partial charge in [0.1, 0.15) is 22.8 Å². The van der Waals surface area contributed by atoms with Crippen LogP contribution in [0, 0.1) is 0 Å². The van der Waals surface area contributed by atoms with E-state index in [4.69, 9.17) is 9.47 Å². The fraction of sp³-hybridized carbons (Fsp3) is 0.278. The highest BCUT2D eigenvalue weighted by Gasteiger charge is 2.53. The fourth-order valence-electron chi connectivity index (χ4n) is 6.68. The minimum atomic E-state index is -4.88. The molecule has 3 heterocycles. The lowest BCUT2D eigenvalue weighted by atomic mass is 9.76. The topological polar surface area (TPSA) is 103 Å². The molecule has 6 rings (SSSR count). The van der Waals surface area contributed by atoms with E-state index in [0.717, 1.165) is 50.0 Å². The predicted octanol–water partition coefficient (Wildman–Crippen LogP) is 7.88. The number of benzene rings is 3. The number of hydrogen-bond acceptors (Lipinski definition) is 7. The summed E-state index contributed by atoms with van der Waals surface area (Å²) in [6.07, 6.45) is -1.03. The van der Waals surface area contributed by atoms with Crippen LogP contribution in [-0.4, -0.2) is 48.0 Å². The molecule has 3 aromatic carbocycles. The molecule has 0 radical (unpaired) electrons. The van der Waals surface area contributed by atoms with E-state index in [0.29, 0.717) is 11.5 Å². The number of amides is 3. The molecule has 0 bridgehead atoms. The van der Waals surface area contributed by atoms with E-state index in [-0.39, 0.29) is 30.4 Å². The zero-order chi connectivity index (χ0) is 34.2. The van der Waals surface area contributed by atoms with Crippen LogP contribution in [0.25, 0.3) is 21.8 Å². The van der Waals surface area contributed by atoms with Gasteiger partial charge in [0, 0.05) is 23.2 Å². The van der Waals surface area contributed by atoms with Crippen molar-refractivity contribution in [1.82, 2.24) is 15.3 Å². The Hall–Kier alpha value is -5.39. The van der Waals surface area contributed by atoms with E-state index in [1.165, 1.54) is 12.1 Å². The Morgan fingerprint density at radius 3 is 1.69 bits per heavy atom. The van der Waals surface area contributed by atoms with Crippen molar-refractivity contribution in [1.29, 1.82) is 0 Å². The van der Waals surface area contributed by atoms with Crippen molar-refractivity contribution in [2.45, 2.75) is 50.4 Å². The molecule has 12 heteroatoms. The molecule has 0 spiro atoms. The number of ether oxygens (including phenoxy) is 3. The number of fused-ring (bicyclic) bond motifs is 2. The second-order valence-electron chi connectivity index (χ2n) is 12.0. The van der Waals surface area contributed by atoms with Gasteiger partial charge >= 0.3 is 12.4 Å². The number of halogens is 3. The highest BCUT2D eigenvalue weighted by molar-refractivity contribution is 6.23. The molecule has 2 atom stereocenters. The van der Waals surface area contributed by atoms with E-state index in [1.54, 1.807) is 26.6 Å². The zero-order valence-corrected chi connectivity index (χ0v) is 26.7. The van der Waals surface area contributed by atoms with Crippen molar-refractivity contribution in [3.05, 3.63) is 96.3 Å². The molecule has 248 valence electrons. The van der Waals surface area contributed by atoms with Crippen LogP contribution < -0.4 is 24.4 Å². The molecule has 9 nitrogen and oxygen atoms in total. The first-order valence-corrected chi connectivity index (χ1v) is 15.3. The molecule has 2 unspecified atom stereocenters. The van der Waals surface area contributed by atoms with Gasteiger partial charge in [-0.2, -0.15) is 0 Å². The van der Waals surface area contributed by atoms with Gasteiger partial charge in [-0.3, -0.25) is 14.8 Å². The van der Waals surface area contributed by atoms with Gasteiger partial charge in [-0.1, -0.05) is 13.8 Å². The van der Waals surface area contributed by atoms with Gasteiger partial charge in [0.2, 0.25) is 0 Å². The number of nitrogens with one attached hydrogen (secondary N) is 1. The van der Waals surface area contributed by atoms with Crippen LogP contribution in [-0.2, 0) is 4.79 Å². The second-order valence-corrected chi connectivity index (χ2v) is 12.0. The summed E-state index contributed by atoms with van der Waals surface area (Å²) in [5.41, 5.74) is 2.07. The lowest BCUT2D eigenvalue weighted by Gasteiger charge is -2.33. The Morgan fingerprint density at radius 2 is 1.23 bits per heavy atom. The molecule has 1 aliphatic heterocycles. The van der Waals surface area contributed by atoms with Crippen LogP contribution in [0.15, 0.2) is 85.2 Å². The molecule has 0 saturated carbocycles. The Kier molecular flexibility index (Phi) is 8.59. The number of anilines is 1. The first kappa shape index (κ1) is 32.5. The fourth-order valence-corrected chi connectivity index (χ4v) is 6.68. The molecular formula is C36H33F3N4O5. The van der Waals surface area contributed by atoms with Crippen LogP contribution in [0.2, 0.25) is 0 Å². The number of pyridine rings is 2. The van der Waals surface area contributed by atoms with Crippen molar-refractivity contribution in [3.8, 4) is 17.2 Å². The molecule has 1 saturated heterocycles. The predicted molar refractivity (Wildman–Crippen MR) is 175 cm³/mol. The maximum absolute atomic E-state index is 14.6. The minimum Gasteiger partial charge on any atom is -0.497 e. The number of urea groups is 1. The number of rotatable bonds is 10. The third kappa shape index (κ3) is 6.29. The number of hydrogen-bond donors (Lipinski definition) is 1. The Balaban J connectivity index is 1.40. The van der Waals surface area contributed by atoms with Crippen LogP contribution in [0.3, 0.4) is 0 Å². The number of alkyl halides is 3. The molecule has 1 N–H and O–H groups in total. The summed E-state index contributed by atoms with van der Waals surface area (Å²) in [5.74, 6) is -0.177. The number of carbonyl (C=O) groups is 2. The largest absolute Gasteiger partial charge is 0.573 e. The average molecular weight is 659 g/mol. The maximum Gasteiger partial charge on any atom is 0.573 e. The Labute approximate surface area is 274 Å². The molecule has 0 aliphatic carbocycles. The summed E-state index contributed by atoms with van der Waals surface area (Å²) >= 11 is 0. The van der Waals surface area contributed by atoms with E-state index in [2.05, 4.69) is 20.0 Å². The summed E-state index contributed by atoms with van der Waals surface area (Å²) < 4.78 is 53.3. The number of carbonyl (C=O) groups excluding carboxylic acids is 2. The highest BCUT2D eigenvalue weighted by Crippen LogP contribution is 2.42. The SMILES string of the molecule is COc1ccc2nccc(C(C)CC3(CC(C)c4ccnc5ccc(OC)cc45)NC(=O)N(c4ccc(OC(F)(F)F)cc4)C3=O)c2c1. The highest BCUT2D eigenvalue weighted by atomic mass is 19.4. The summed E-state index contributed by atoms with van der Waals surface area (Å²) in [6, 6.07) is 18.9. The maximum atomic E-state index is 14.6. The number of methoxy groups -OCH3 is 2. The van der Waals surface area contributed by atoms with E-state index < -0.39 is 29.6 Å². The standard InChI is InChI=1S/C36H33F3N4O5/c1-21(27-13-15-40-31-11-9-25(46-3)17-29(27)31)19-35(20-22(2)28-14-16-41-32-12-10-26(47-4)18-30(28)32)33(44)43(34(45)42-35)23-5-7-24(8-6-23)48-36(37,38)39/h5-18,21-22H,19-20H2,1-4H3,(H,42,45). The third-order valence-corrected chi connectivity index (χ3v) is 8.83.